The van der Waals surface area contributed by atoms with Crippen LogP contribution in [0.5, 0.6) is 0 Å². The van der Waals surface area contributed by atoms with Gasteiger partial charge in [0, 0.05) is 25.6 Å². The minimum absolute atomic E-state index is 0.124. The Bertz CT molecular complexity index is 203. The minimum atomic E-state index is 0.124. The zero-order valence-corrected chi connectivity index (χ0v) is 10.2. The molecule has 16 heavy (non-hydrogen) atoms. The molecule has 0 aromatic rings. The number of rotatable bonds is 7. The summed E-state index contributed by atoms with van der Waals surface area (Å²) in [5.41, 5.74) is 5.76. The number of carbonyl (C=O) groups is 1. The van der Waals surface area contributed by atoms with Crippen molar-refractivity contribution in [2.45, 2.75) is 57.6 Å². The predicted molar refractivity (Wildman–Crippen MR) is 64.1 cm³/mol. The van der Waals surface area contributed by atoms with E-state index in [1.807, 2.05) is 0 Å². The van der Waals surface area contributed by atoms with Crippen LogP contribution in [-0.2, 0) is 9.53 Å². The standard InChI is InChI=1S/C12H24N2O2/c1-2-10(13)7-8-14-12(15)6-5-11-4-3-9-16-11/h10-11H,2-9,13H2,1H3,(H,14,15). The number of hydrogen-bond donors (Lipinski definition) is 2. The normalized spacial score (nSPS) is 22.0. The van der Waals surface area contributed by atoms with Crippen LogP contribution in [0.15, 0.2) is 0 Å². The number of ether oxygens (including phenoxy) is 1. The molecule has 1 fully saturated rings. The maximum absolute atomic E-state index is 11.5. The molecule has 0 saturated carbocycles. The first kappa shape index (κ1) is 13.5. The van der Waals surface area contributed by atoms with Gasteiger partial charge in [-0.25, -0.2) is 0 Å². The molecule has 0 radical (unpaired) electrons. The molecule has 0 aliphatic carbocycles. The second-order valence-corrected chi connectivity index (χ2v) is 4.48. The van der Waals surface area contributed by atoms with Gasteiger partial charge >= 0.3 is 0 Å². The highest BCUT2D eigenvalue weighted by Crippen LogP contribution is 2.16. The lowest BCUT2D eigenvalue weighted by molar-refractivity contribution is -0.121. The molecular formula is C12H24N2O2. The van der Waals surface area contributed by atoms with Gasteiger partial charge in [0.1, 0.15) is 0 Å². The molecule has 4 heteroatoms. The summed E-state index contributed by atoms with van der Waals surface area (Å²) >= 11 is 0. The van der Waals surface area contributed by atoms with Crippen molar-refractivity contribution >= 4 is 5.91 Å². The zero-order chi connectivity index (χ0) is 11.8. The van der Waals surface area contributed by atoms with Gasteiger partial charge in [-0.3, -0.25) is 4.79 Å². The molecule has 1 aliphatic rings. The topological polar surface area (TPSA) is 64.3 Å². The molecule has 0 spiro atoms. The molecule has 1 aliphatic heterocycles. The van der Waals surface area contributed by atoms with Crippen LogP contribution in [-0.4, -0.2) is 31.2 Å². The highest BCUT2D eigenvalue weighted by molar-refractivity contribution is 5.75. The summed E-state index contributed by atoms with van der Waals surface area (Å²) in [7, 11) is 0. The van der Waals surface area contributed by atoms with Gasteiger partial charge in [-0.05, 0) is 32.1 Å². The Morgan fingerprint density at radius 1 is 1.62 bits per heavy atom. The number of nitrogens with one attached hydrogen (secondary N) is 1. The fraction of sp³-hybridized carbons (Fsp3) is 0.917. The number of amides is 1. The van der Waals surface area contributed by atoms with Crippen LogP contribution < -0.4 is 11.1 Å². The first-order valence-corrected chi connectivity index (χ1v) is 6.36. The van der Waals surface area contributed by atoms with Crippen LogP contribution in [0, 0.1) is 0 Å². The van der Waals surface area contributed by atoms with E-state index in [1.54, 1.807) is 0 Å². The Balaban J connectivity index is 1.97. The van der Waals surface area contributed by atoms with Crippen LogP contribution in [0.2, 0.25) is 0 Å². The van der Waals surface area contributed by atoms with E-state index in [2.05, 4.69) is 12.2 Å². The third-order valence-corrected chi connectivity index (χ3v) is 3.08. The first-order valence-electron chi connectivity index (χ1n) is 6.36. The molecule has 0 aromatic heterocycles. The lowest BCUT2D eigenvalue weighted by atomic mass is 10.1. The average molecular weight is 228 g/mol. The minimum Gasteiger partial charge on any atom is -0.378 e. The molecule has 2 unspecified atom stereocenters. The highest BCUT2D eigenvalue weighted by atomic mass is 16.5. The molecule has 4 nitrogen and oxygen atoms in total. The Kier molecular flexibility index (Phi) is 6.42. The molecule has 3 N–H and O–H groups in total. The lowest BCUT2D eigenvalue weighted by Crippen LogP contribution is -2.30. The van der Waals surface area contributed by atoms with Gasteiger partial charge < -0.3 is 15.8 Å². The Hall–Kier alpha value is -0.610. The molecule has 2 atom stereocenters. The molecule has 1 rings (SSSR count). The largest absolute Gasteiger partial charge is 0.378 e. The summed E-state index contributed by atoms with van der Waals surface area (Å²) in [5.74, 6) is 0.124. The monoisotopic (exact) mass is 228 g/mol. The summed E-state index contributed by atoms with van der Waals surface area (Å²) in [4.78, 5) is 11.5. The highest BCUT2D eigenvalue weighted by Gasteiger charge is 2.16. The van der Waals surface area contributed by atoms with E-state index in [0.29, 0.717) is 19.1 Å². The summed E-state index contributed by atoms with van der Waals surface area (Å²) in [6, 6.07) is 0.207. The summed E-state index contributed by atoms with van der Waals surface area (Å²) in [5, 5.41) is 2.90. The molecule has 1 heterocycles. The van der Waals surface area contributed by atoms with Gasteiger partial charge in [-0.15, -0.1) is 0 Å². The van der Waals surface area contributed by atoms with Gasteiger partial charge in [0.2, 0.25) is 5.91 Å². The molecule has 1 amide bonds. The van der Waals surface area contributed by atoms with Crippen molar-refractivity contribution in [3.63, 3.8) is 0 Å². The fourth-order valence-electron chi connectivity index (χ4n) is 1.85. The van der Waals surface area contributed by atoms with Crippen molar-refractivity contribution in [2.75, 3.05) is 13.2 Å². The van der Waals surface area contributed by atoms with Gasteiger partial charge in [0.25, 0.3) is 0 Å². The van der Waals surface area contributed by atoms with Gasteiger partial charge in [-0.2, -0.15) is 0 Å². The molecule has 0 aromatic carbocycles. The van der Waals surface area contributed by atoms with Crippen molar-refractivity contribution in [3.05, 3.63) is 0 Å². The van der Waals surface area contributed by atoms with E-state index in [4.69, 9.17) is 10.5 Å². The van der Waals surface area contributed by atoms with Gasteiger partial charge in [-0.1, -0.05) is 6.92 Å². The maximum Gasteiger partial charge on any atom is 0.220 e. The Morgan fingerprint density at radius 3 is 3.06 bits per heavy atom. The molecule has 1 saturated heterocycles. The maximum atomic E-state index is 11.5. The lowest BCUT2D eigenvalue weighted by Gasteiger charge is -2.11. The fourth-order valence-corrected chi connectivity index (χ4v) is 1.85. The zero-order valence-electron chi connectivity index (χ0n) is 10.2. The Labute approximate surface area is 97.9 Å². The first-order chi connectivity index (χ1) is 7.72. The molecule has 0 bridgehead atoms. The van der Waals surface area contributed by atoms with E-state index in [-0.39, 0.29) is 11.9 Å². The SMILES string of the molecule is CCC(N)CCNC(=O)CCC1CCCO1. The van der Waals surface area contributed by atoms with Crippen LogP contribution in [0.25, 0.3) is 0 Å². The van der Waals surface area contributed by atoms with Crippen LogP contribution >= 0.6 is 0 Å². The predicted octanol–water partition coefficient (Wildman–Crippen LogP) is 1.19. The van der Waals surface area contributed by atoms with Crippen LogP contribution in [0.3, 0.4) is 0 Å². The molecular weight excluding hydrogens is 204 g/mol. The van der Waals surface area contributed by atoms with E-state index >= 15 is 0 Å². The van der Waals surface area contributed by atoms with Crippen LogP contribution in [0.1, 0.15) is 45.4 Å². The summed E-state index contributed by atoms with van der Waals surface area (Å²) in [6.45, 7) is 3.61. The van der Waals surface area contributed by atoms with Crippen molar-refractivity contribution in [3.8, 4) is 0 Å². The van der Waals surface area contributed by atoms with E-state index in [1.165, 1.54) is 0 Å². The Morgan fingerprint density at radius 2 is 2.44 bits per heavy atom. The smallest absolute Gasteiger partial charge is 0.220 e. The number of hydrogen-bond acceptors (Lipinski definition) is 3. The third-order valence-electron chi connectivity index (χ3n) is 3.08. The van der Waals surface area contributed by atoms with Crippen molar-refractivity contribution < 1.29 is 9.53 Å². The van der Waals surface area contributed by atoms with Gasteiger partial charge in [0.05, 0.1) is 6.10 Å². The van der Waals surface area contributed by atoms with Crippen molar-refractivity contribution in [2.24, 2.45) is 5.73 Å². The number of nitrogens with two attached hydrogens (primary N) is 1. The second-order valence-electron chi connectivity index (χ2n) is 4.48. The summed E-state index contributed by atoms with van der Waals surface area (Å²) < 4.78 is 5.46. The summed E-state index contributed by atoms with van der Waals surface area (Å²) in [6.07, 6.45) is 5.81. The quantitative estimate of drug-likeness (QED) is 0.688. The second kappa shape index (κ2) is 7.63. The number of carbonyl (C=O) groups excluding carboxylic acids is 1. The van der Waals surface area contributed by atoms with Crippen LogP contribution in [0.4, 0.5) is 0 Å². The van der Waals surface area contributed by atoms with E-state index in [0.717, 1.165) is 38.7 Å². The van der Waals surface area contributed by atoms with E-state index in [9.17, 15) is 4.79 Å². The average Bonchev–Trinajstić information content (AvgIpc) is 2.79. The van der Waals surface area contributed by atoms with Gasteiger partial charge in [0.15, 0.2) is 0 Å². The molecule has 94 valence electrons. The van der Waals surface area contributed by atoms with Crippen molar-refractivity contribution in [1.29, 1.82) is 0 Å². The van der Waals surface area contributed by atoms with E-state index < -0.39 is 0 Å². The third kappa shape index (κ3) is 5.47. The van der Waals surface area contributed by atoms with Crippen molar-refractivity contribution in [1.82, 2.24) is 5.32 Å².